The van der Waals surface area contributed by atoms with E-state index in [-0.39, 0.29) is 22.0 Å². The number of halogens is 4. The average Bonchev–Trinajstić information content (AvgIpc) is 2.88. The van der Waals surface area contributed by atoms with E-state index < -0.39 is 29.1 Å². The molecule has 2 heterocycles. The third-order valence-corrected chi connectivity index (χ3v) is 5.80. The van der Waals surface area contributed by atoms with Gasteiger partial charge < -0.3 is 19.7 Å². The summed E-state index contributed by atoms with van der Waals surface area (Å²) >= 11 is 5.61. The highest BCUT2D eigenvalue weighted by Crippen LogP contribution is 2.32. The molecule has 0 atom stereocenters. The topological polar surface area (TPSA) is 76.6 Å². The summed E-state index contributed by atoms with van der Waals surface area (Å²) in [5.74, 6) is -3.46. The fraction of sp³-hybridized carbons (Fsp3) is 0.160. The highest BCUT2D eigenvalue weighted by atomic mass is 35.5. The Kier molecular flexibility index (Phi) is 6.62. The number of nitrogens with one attached hydrogen (secondary N) is 1. The first-order valence-electron chi connectivity index (χ1n) is 10.9. The minimum atomic E-state index is -1.04. The van der Waals surface area contributed by atoms with Crippen molar-refractivity contribution in [2.45, 2.75) is 0 Å². The fourth-order valence-electron chi connectivity index (χ4n) is 3.68. The minimum Gasteiger partial charge on any atom is -0.451 e. The van der Waals surface area contributed by atoms with Crippen molar-refractivity contribution in [2.24, 2.45) is 0 Å². The smallest absolute Gasteiger partial charge is 0.255 e. The van der Waals surface area contributed by atoms with Gasteiger partial charge in [-0.05, 0) is 30.3 Å². The number of nitrogens with zero attached hydrogens (tertiary/aromatic N) is 3. The lowest BCUT2D eigenvalue weighted by molar-refractivity contribution is 0.102. The molecule has 0 spiro atoms. The van der Waals surface area contributed by atoms with E-state index in [4.69, 9.17) is 21.1 Å². The van der Waals surface area contributed by atoms with Crippen molar-refractivity contribution in [3.05, 3.63) is 82.8 Å². The number of aromatic nitrogens is 2. The van der Waals surface area contributed by atoms with Gasteiger partial charge in [0.2, 0.25) is 0 Å². The van der Waals surface area contributed by atoms with Crippen LogP contribution in [-0.4, -0.2) is 42.2 Å². The molecule has 0 bridgehead atoms. The maximum atomic E-state index is 14.7. The molecule has 7 nitrogen and oxygen atoms in total. The molecule has 0 aliphatic carbocycles. The summed E-state index contributed by atoms with van der Waals surface area (Å²) in [6.07, 6.45) is 1.67. The number of hydrogen-bond donors (Lipinski definition) is 1. The predicted molar refractivity (Wildman–Crippen MR) is 128 cm³/mol. The van der Waals surface area contributed by atoms with Crippen LogP contribution >= 0.6 is 11.6 Å². The number of ether oxygens (including phenoxy) is 2. The zero-order valence-corrected chi connectivity index (χ0v) is 19.4. The lowest BCUT2D eigenvalue weighted by Gasteiger charge is -2.27. The van der Waals surface area contributed by atoms with Crippen molar-refractivity contribution < 1.29 is 27.4 Å². The minimum absolute atomic E-state index is 0.0632. The van der Waals surface area contributed by atoms with Crippen LogP contribution in [0.4, 0.5) is 24.7 Å². The number of morpholine rings is 1. The molecule has 3 aromatic carbocycles. The van der Waals surface area contributed by atoms with Gasteiger partial charge in [0.05, 0.1) is 35.5 Å². The molecule has 1 aliphatic heterocycles. The predicted octanol–water partition coefficient (Wildman–Crippen LogP) is 5.58. The molecule has 1 saturated heterocycles. The Morgan fingerprint density at radius 2 is 1.72 bits per heavy atom. The molecule has 0 saturated carbocycles. The first-order chi connectivity index (χ1) is 17.4. The van der Waals surface area contributed by atoms with Crippen LogP contribution in [0.5, 0.6) is 11.5 Å². The molecule has 1 aliphatic rings. The average molecular weight is 515 g/mol. The van der Waals surface area contributed by atoms with E-state index in [9.17, 15) is 18.0 Å². The van der Waals surface area contributed by atoms with Crippen LogP contribution in [-0.2, 0) is 4.74 Å². The van der Waals surface area contributed by atoms with E-state index in [1.54, 1.807) is 12.3 Å². The molecule has 0 unspecified atom stereocenters. The van der Waals surface area contributed by atoms with E-state index in [1.165, 1.54) is 24.3 Å². The number of rotatable bonds is 5. The van der Waals surface area contributed by atoms with Gasteiger partial charge in [-0.2, -0.15) is 0 Å². The molecule has 1 aromatic heterocycles. The van der Waals surface area contributed by atoms with Crippen molar-refractivity contribution >= 4 is 40.0 Å². The van der Waals surface area contributed by atoms with Crippen molar-refractivity contribution in [1.29, 1.82) is 0 Å². The number of hydrogen-bond acceptors (Lipinski definition) is 6. The molecule has 184 valence electrons. The summed E-state index contributed by atoms with van der Waals surface area (Å²) in [4.78, 5) is 23.3. The van der Waals surface area contributed by atoms with Crippen molar-refractivity contribution in [2.75, 3.05) is 36.5 Å². The summed E-state index contributed by atoms with van der Waals surface area (Å²) < 4.78 is 53.9. The van der Waals surface area contributed by atoms with Crippen molar-refractivity contribution in [1.82, 2.24) is 9.97 Å². The molecule has 1 fully saturated rings. The van der Waals surface area contributed by atoms with Crippen LogP contribution in [0.1, 0.15) is 10.4 Å². The van der Waals surface area contributed by atoms with Gasteiger partial charge in [0.1, 0.15) is 17.4 Å². The molecular formula is C25H18ClF3N4O3. The summed E-state index contributed by atoms with van der Waals surface area (Å²) in [5.41, 5.74) is 0.859. The Morgan fingerprint density at radius 3 is 2.44 bits per heavy atom. The molecule has 0 radical (unpaired) electrons. The summed E-state index contributed by atoms with van der Waals surface area (Å²) in [6.45, 7) is 2.55. The summed E-state index contributed by atoms with van der Waals surface area (Å²) in [5, 5.41) is 2.17. The van der Waals surface area contributed by atoms with Crippen LogP contribution in [0.15, 0.2) is 54.7 Å². The van der Waals surface area contributed by atoms with Crippen LogP contribution in [0.2, 0.25) is 5.02 Å². The highest BCUT2D eigenvalue weighted by Gasteiger charge is 2.18. The van der Waals surface area contributed by atoms with E-state index >= 15 is 0 Å². The quantitative estimate of drug-likeness (QED) is 0.374. The number of carbonyl (C=O) groups is 1. The number of anilines is 2. The zero-order valence-electron chi connectivity index (χ0n) is 18.6. The normalized spacial score (nSPS) is 13.6. The molecule has 11 heteroatoms. The van der Waals surface area contributed by atoms with Gasteiger partial charge in [0.25, 0.3) is 5.91 Å². The SMILES string of the molecule is O=C(Nc1cc(F)c(Oc2ccc3ncc(N4CCOCC4)nc3c2)c(F)c1)c1ccc(Cl)c(F)c1. The van der Waals surface area contributed by atoms with Gasteiger partial charge in [-0.1, -0.05) is 11.6 Å². The summed E-state index contributed by atoms with van der Waals surface area (Å²) in [7, 11) is 0. The van der Waals surface area contributed by atoms with Gasteiger partial charge in [-0.15, -0.1) is 0 Å². The third-order valence-electron chi connectivity index (χ3n) is 5.49. The van der Waals surface area contributed by atoms with Crippen LogP contribution in [0.3, 0.4) is 0 Å². The molecule has 1 N–H and O–H groups in total. The van der Waals surface area contributed by atoms with Gasteiger partial charge >= 0.3 is 0 Å². The first-order valence-corrected chi connectivity index (χ1v) is 11.3. The third kappa shape index (κ3) is 5.05. The van der Waals surface area contributed by atoms with Gasteiger partial charge in [0, 0.05) is 42.5 Å². The highest BCUT2D eigenvalue weighted by molar-refractivity contribution is 6.30. The summed E-state index contributed by atoms with van der Waals surface area (Å²) in [6, 6.07) is 9.93. The Balaban J connectivity index is 1.35. The Bertz CT molecular complexity index is 1440. The van der Waals surface area contributed by atoms with Crippen molar-refractivity contribution in [3.63, 3.8) is 0 Å². The Morgan fingerprint density at radius 1 is 0.972 bits per heavy atom. The van der Waals surface area contributed by atoms with E-state index in [2.05, 4.69) is 15.3 Å². The maximum Gasteiger partial charge on any atom is 0.255 e. The molecular weight excluding hydrogens is 497 g/mol. The molecule has 4 aromatic rings. The van der Waals surface area contributed by atoms with Gasteiger partial charge in [0.15, 0.2) is 17.4 Å². The Labute approximate surface area is 208 Å². The lowest BCUT2D eigenvalue weighted by atomic mass is 10.2. The van der Waals surface area contributed by atoms with Gasteiger partial charge in [-0.25, -0.2) is 18.2 Å². The number of benzene rings is 3. The van der Waals surface area contributed by atoms with Crippen molar-refractivity contribution in [3.8, 4) is 11.5 Å². The lowest BCUT2D eigenvalue weighted by Crippen LogP contribution is -2.36. The zero-order chi connectivity index (χ0) is 25.2. The maximum absolute atomic E-state index is 14.7. The first kappa shape index (κ1) is 23.8. The number of amides is 1. The van der Waals surface area contributed by atoms with E-state index in [1.807, 2.05) is 4.90 Å². The van der Waals surface area contributed by atoms with Crippen LogP contribution < -0.4 is 15.0 Å². The number of fused-ring (bicyclic) bond motifs is 1. The number of carbonyl (C=O) groups excluding carboxylic acids is 1. The standard InChI is InChI=1S/C25H18ClF3N4O3/c26-17-3-1-14(9-18(17)27)25(34)31-15-10-19(28)24(20(29)11-15)36-16-2-4-21-22(12-16)32-23(13-30-21)33-5-7-35-8-6-33/h1-4,9-13H,5-8H2,(H,31,34). The largest absolute Gasteiger partial charge is 0.451 e. The molecule has 36 heavy (non-hydrogen) atoms. The molecule has 5 rings (SSSR count). The second-order valence-electron chi connectivity index (χ2n) is 7.93. The van der Waals surface area contributed by atoms with Gasteiger partial charge in [-0.3, -0.25) is 9.78 Å². The van der Waals surface area contributed by atoms with Crippen LogP contribution in [0, 0.1) is 17.5 Å². The Hall–Kier alpha value is -3.89. The molecule has 1 amide bonds. The monoisotopic (exact) mass is 514 g/mol. The second kappa shape index (κ2) is 10.00. The van der Waals surface area contributed by atoms with E-state index in [0.29, 0.717) is 43.2 Å². The van der Waals surface area contributed by atoms with Crippen LogP contribution in [0.25, 0.3) is 11.0 Å². The second-order valence-corrected chi connectivity index (χ2v) is 8.34. The fourth-order valence-corrected chi connectivity index (χ4v) is 3.80. The van der Waals surface area contributed by atoms with E-state index in [0.717, 1.165) is 18.2 Å².